The van der Waals surface area contributed by atoms with Crippen molar-refractivity contribution < 1.29 is 0 Å². The molecule has 0 fully saturated rings. The highest BCUT2D eigenvalue weighted by Gasteiger charge is 2.08. The fourth-order valence-electron chi connectivity index (χ4n) is 1.66. The van der Waals surface area contributed by atoms with Gasteiger partial charge in [-0.1, -0.05) is 30.8 Å². The molecule has 0 atom stereocenters. The molecule has 1 N–H and O–H groups in total. The summed E-state index contributed by atoms with van der Waals surface area (Å²) in [6, 6.07) is 9.50. The molecule has 0 aliphatic carbocycles. The van der Waals surface area contributed by atoms with Gasteiger partial charge in [-0.05, 0) is 24.1 Å². The number of nitrogens with zero attached hydrogens (tertiary/aromatic N) is 3. The van der Waals surface area contributed by atoms with Crippen molar-refractivity contribution in [2.45, 2.75) is 30.8 Å². The Morgan fingerprint density at radius 2 is 2.16 bits per heavy atom. The minimum Gasteiger partial charge on any atom is -0.270 e. The number of H-pyrrole nitrogens is 1. The van der Waals surface area contributed by atoms with Crippen molar-refractivity contribution in [2.24, 2.45) is 0 Å². The van der Waals surface area contributed by atoms with Gasteiger partial charge >= 0.3 is 5.69 Å². The summed E-state index contributed by atoms with van der Waals surface area (Å²) in [6.07, 6.45) is 0.893. The zero-order valence-electron chi connectivity index (χ0n) is 10.6. The van der Waals surface area contributed by atoms with Crippen LogP contribution in [0.2, 0.25) is 0 Å². The fourth-order valence-corrected chi connectivity index (χ4v) is 2.59. The van der Waals surface area contributed by atoms with Gasteiger partial charge in [0.2, 0.25) is 0 Å². The quantitative estimate of drug-likeness (QED) is 0.848. The van der Waals surface area contributed by atoms with Gasteiger partial charge in [0, 0.05) is 12.3 Å². The lowest BCUT2D eigenvalue weighted by atomic mass is 10.2. The van der Waals surface area contributed by atoms with E-state index in [-0.39, 0.29) is 5.69 Å². The highest BCUT2D eigenvalue weighted by molar-refractivity contribution is 7.98. The first-order chi connectivity index (χ1) is 9.24. The van der Waals surface area contributed by atoms with E-state index in [0.29, 0.717) is 17.3 Å². The van der Waals surface area contributed by atoms with Gasteiger partial charge in [0.15, 0.2) is 5.16 Å². The number of hydrogen-bond donors (Lipinski definition) is 1. The van der Waals surface area contributed by atoms with Crippen LogP contribution < -0.4 is 5.69 Å². The molecule has 6 heteroatoms. The second kappa shape index (κ2) is 6.25. The van der Waals surface area contributed by atoms with Crippen LogP contribution in [0.25, 0.3) is 0 Å². The molecule has 0 bridgehead atoms. The van der Waals surface area contributed by atoms with E-state index in [0.717, 1.165) is 17.7 Å². The molecule has 0 spiro atoms. The summed E-state index contributed by atoms with van der Waals surface area (Å²) >= 11 is 1.51. The molecule has 0 unspecified atom stereocenters. The molecule has 1 heterocycles. The van der Waals surface area contributed by atoms with Crippen LogP contribution in [0.1, 0.15) is 24.5 Å². The maximum absolute atomic E-state index is 11.5. The first kappa shape index (κ1) is 13.4. The lowest BCUT2D eigenvalue weighted by Crippen LogP contribution is -2.17. The lowest BCUT2D eigenvalue weighted by Gasteiger charge is -2.03. The molecule has 2 rings (SSSR count). The molecule has 5 nitrogen and oxygen atoms in total. The highest BCUT2D eigenvalue weighted by Crippen LogP contribution is 2.19. The van der Waals surface area contributed by atoms with Crippen LogP contribution in [-0.2, 0) is 12.3 Å². The molecule has 1 aromatic carbocycles. The zero-order chi connectivity index (χ0) is 13.7. The molecular weight excluding hydrogens is 260 g/mol. The Morgan fingerprint density at radius 3 is 2.79 bits per heavy atom. The van der Waals surface area contributed by atoms with Crippen LogP contribution >= 0.6 is 11.8 Å². The van der Waals surface area contributed by atoms with Crippen LogP contribution in [0.3, 0.4) is 0 Å². The summed E-state index contributed by atoms with van der Waals surface area (Å²) in [5.41, 5.74) is 1.59. The maximum atomic E-state index is 11.5. The number of nitriles is 1. The van der Waals surface area contributed by atoms with Gasteiger partial charge in [-0.3, -0.25) is 4.57 Å². The molecule has 0 radical (unpaired) electrons. The Hall–Kier alpha value is -2.00. The van der Waals surface area contributed by atoms with Crippen LogP contribution in [0.15, 0.2) is 34.2 Å². The molecule has 2 aromatic rings. The first-order valence-electron chi connectivity index (χ1n) is 6.01. The predicted octanol–water partition coefficient (Wildman–Crippen LogP) is 2.15. The lowest BCUT2D eigenvalue weighted by molar-refractivity contribution is 0.604. The normalized spacial score (nSPS) is 10.3. The van der Waals surface area contributed by atoms with E-state index >= 15 is 0 Å². The smallest absolute Gasteiger partial charge is 0.270 e. The van der Waals surface area contributed by atoms with Gasteiger partial charge < -0.3 is 0 Å². The summed E-state index contributed by atoms with van der Waals surface area (Å²) in [6.45, 7) is 2.69. The maximum Gasteiger partial charge on any atom is 0.343 e. The third-order valence-electron chi connectivity index (χ3n) is 2.62. The molecule has 0 aliphatic rings. The summed E-state index contributed by atoms with van der Waals surface area (Å²) in [4.78, 5) is 11.5. The van der Waals surface area contributed by atoms with Crippen molar-refractivity contribution >= 4 is 11.8 Å². The van der Waals surface area contributed by atoms with Crippen LogP contribution in [0, 0.1) is 11.3 Å². The first-order valence-corrected chi connectivity index (χ1v) is 7.00. The molecular formula is C13H14N4OS. The SMILES string of the molecule is CCCn1c(SCc2ccc(C#N)cc2)n[nH]c1=O. The predicted molar refractivity (Wildman–Crippen MR) is 73.9 cm³/mol. The molecule has 0 aliphatic heterocycles. The Labute approximate surface area is 115 Å². The van der Waals surface area contributed by atoms with E-state index in [1.54, 1.807) is 16.7 Å². The standard InChI is InChI=1S/C13H14N4OS/c1-2-7-17-12(18)15-16-13(17)19-9-11-5-3-10(8-14)4-6-11/h3-6H,2,7,9H2,1H3,(H,15,18). The summed E-state index contributed by atoms with van der Waals surface area (Å²) in [5, 5.41) is 15.9. The Bertz CT molecular complexity index is 636. The Balaban J connectivity index is 2.06. The van der Waals surface area contributed by atoms with Crippen molar-refractivity contribution in [3.63, 3.8) is 0 Å². The second-order valence-electron chi connectivity index (χ2n) is 4.06. The van der Waals surface area contributed by atoms with Crippen molar-refractivity contribution in [3.05, 3.63) is 45.9 Å². The number of aromatic amines is 1. The molecule has 0 amide bonds. The van der Waals surface area contributed by atoms with Crippen molar-refractivity contribution in [2.75, 3.05) is 0 Å². The topological polar surface area (TPSA) is 74.5 Å². The van der Waals surface area contributed by atoms with Gasteiger partial charge in [0.05, 0.1) is 11.6 Å². The molecule has 0 saturated carbocycles. The largest absolute Gasteiger partial charge is 0.343 e. The number of nitrogens with one attached hydrogen (secondary N) is 1. The number of thioether (sulfide) groups is 1. The van der Waals surface area contributed by atoms with Crippen molar-refractivity contribution in [1.82, 2.24) is 14.8 Å². The molecule has 0 saturated heterocycles. The monoisotopic (exact) mass is 274 g/mol. The Morgan fingerprint density at radius 1 is 1.42 bits per heavy atom. The summed E-state index contributed by atoms with van der Waals surface area (Å²) < 4.78 is 1.65. The number of rotatable bonds is 5. The molecule has 98 valence electrons. The van der Waals surface area contributed by atoms with E-state index < -0.39 is 0 Å². The third-order valence-corrected chi connectivity index (χ3v) is 3.67. The van der Waals surface area contributed by atoms with Crippen LogP contribution in [-0.4, -0.2) is 14.8 Å². The Kier molecular flexibility index (Phi) is 4.42. The van der Waals surface area contributed by atoms with Crippen LogP contribution in [0.4, 0.5) is 0 Å². The van der Waals surface area contributed by atoms with Crippen molar-refractivity contribution in [3.8, 4) is 6.07 Å². The van der Waals surface area contributed by atoms with E-state index in [1.165, 1.54) is 11.8 Å². The average molecular weight is 274 g/mol. The van der Waals surface area contributed by atoms with Gasteiger partial charge in [0.1, 0.15) is 0 Å². The van der Waals surface area contributed by atoms with E-state index in [2.05, 4.69) is 16.3 Å². The average Bonchev–Trinajstić information content (AvgIpc) is 2.79. The minimum atomic E-state index is -0.163. The highest BCUT2D eigenvalue weighted by atomic mass is 32.2. The fraction of sp³-hybridized carbons (Fsp3) is 0.308. The van der Waals surface area contributed by atoms with Crippen LogP contribution in [0.5, 0.6) is 0 Å². The number of hydrogen-bond acceptors (Lipinski definition) is 4. The van der Waals surface area contributed by atoms with Gasteiger partial charge in [-0.15, -0.1) is 5.10 Å². The second-order valence-corrected chi connectivity index (χ2v) is 5.00. The molecule has 1 aromatic heterocycles. The number of benzene rings is 1. The third kappa shape index (κ3) is 3.26. The van der Waals surface area contributed by atoms with E-state index in [9.17, 15) is 4.79 Å². The van der Waals surface area contributed by atoms with Gasteiger partial charge in [-0.25, -0.2) is 9.89 Å². The van der Waals surface area contributed by atoms with E-state index in [1.807, 2.05) is 19.1 Å². The van der Waals surface area contributed by atoms with E-state index in [4.69, 9.17) is 5.26 Å². The zero-order valence-corrected chi connectivity index (χ0v) is 11.4. The van der Waals surface area contributed by atoms with Gasteiger partial charge in [0.25, 0.3) is 0 Å². The molecule has 19 heavy (non-hydrogen) atoms. The number of aromatic nitrogens is 3. The van der Waals surface area contributed by atoms with Gasteiger partial charge in [-0.2, -0.15) is 5.26 Å². The summed E-state index contributed by atoms with van der Waals surface area (Å²) in [5.74, 6) is 0.722. The minimum absolute atomic E-state index is 0.163. The summed E-state index contributed by atoms with van der Waals surface area (Å²) in [7, 11) is 0. The van der Waals surface area contributed by atoms with Crippen molar-refractivity contribution in [1.29, 1.82) is 5.26 Å².